The van der Waals surface area contributed by atoms with Crippen LogP contribution in [0.3, 0.4) is 0 Å². The molecule has 0 aliphatic heterocycles. The number of benzene rings is 2. The molecule has 2 N–H and O–H groups in total. The summed E-state index contributed by atoms with van der Waals surface area (Å²) < 4.78 is 4.77. The van der Waals surface area contributed by atoms with Gasteiger partial charge in [-0.15, -0.1) is 0 Å². The molecule has 4 fully saturated rings. The molecule has 4 bridgehead atoms. The smallest absolute Gasteiger partial charge is 0.339 e. The first-order valence-corrected chi connectivity index (χ1v) is 12.8. The van der Waals surface area contributed by atoms with Crippen molar-refractivity contribution in [2.75, 3.05) is 17.7 Å². The van der Waals surface area contributed by atoms with Crippen LogP contribution >= 0.6 is 11.6 Å². The van der Waals surface area contributed by atoms with Crippen molar-refractivity contribution in [1.82, 2.24) is 4.98 Å². The molecule has 0 amide bonds. The average molecular weight is 488 g/mol. The second kappa shape index (κ2) is 8.87. The van der Waals surface area contributed by atoms with E-state index in [1.807, 2.05) is 24.3 Å². The van der Waals surface area contributed by atoms with Gasteiger partial charge in [-0.1, -0.05) is 17.7 Å². The van der Waals surface area contributed by atoms with E-state index in [1.165, 1.54) is 57.4 Å². The molecule has 4 aliphatic rings. The van der Waals surface area contributed by atoms with Crippen LogP contribution in [-0.2, 0) is 10.2 Å². The van der Waals surface area contributed by atoms with Gasteiger partial charge in [-0.05, 0) is 110 Å². The van der Waals surface area contributed by atoms with E-state index in [1.54, 1.807) is 12.3 Å². The van der Waals surface area contributed by atoms with Crippen LogP contribution in [0.5, 0.6) is 0 Å². The molecule has 1 heterocycles. The normalized spacial score (nSPS) is 26.4. The lowest BCUT2D eigenvalue weighted by Gasteiger charge is -2.57. The van der Waals surface area contributed by atoms with Crippen LogP contribution in [0.15, 0.2) is 60.9 Å². The third kappa shape index (κ3) is 4.38. The van der Waals surface area contributed by atoms with E-state index in [0.717, 1.165) is 45.5 Å². The van der Waals surface area contributed by atoms with Crippen LogP contribution in [0.2, 0.25) is 5.02 Å². The highest BCUT2D eigenvalue weighted by Crippen LogP contribution is 2.61. The number of nitrogens with one attached hydrogen (secondary N) is 2. The predicted octanol–water partition coefficient (Wildman–Crippen LogP) is 7.48. The number of hydrogen-bond donors (Lipinski definition) is 2. The van der Waals surface area contributed by atoms with Crippen LogP contribution in [0.1, 0.15) is 54.4 Å². The van der Waals surface area contributed by atoms with Crippen LogP contribution in [0, 0.1) is 17.8 Å². The Morgan fingerprint density at radius 1 is 0.886 bits per heavy atom. The third-order valence-corrected chi connectivity index (χ3v) is 8.54. The van der Waals surface area contributed by atoms with Gasteiger partial charge in [0, 0.05) is 17.6 Å². The van der Waals surface area contributed by atoms with Crippen molar-refractivity contribution >= 4 is 40.3 Å². The fourth-order valence-electron chi connectivity index (χ4n) is 7.11. The summed E-state index contributed by atoms with van der Waals surface area (Å²) in [4.78, 5) is 15.8. The zero-order valence-corrected chi connectivity index (χ0v) is 20.6. The van der Waals surface area contributed by atoms with E-state index >= 15 is 0 Å². The number of aromatic nitrogens is 1. The number of carbonyl (C=O) groups excluding carboxylic acids is 1. The average Bonchev–Trinajstić information content (AvgIpc) is 2.85. The van der Waals surface area contributed by atoms with Crippen LogP contribution in [0.4, 0.5) is 22.7 Å². The minimum absolute atomic E-state index is 0.351. The Labute approximate surface area is 211 Å². The molecule has 0 spiro atoms. The lowest BCUT2D eigenvalue weighted by Crippen LogP contribution is -2.48. The summed E-state index contributed by atoms with van der Waals surface area (Å²) in [7, 11) is 1.36. The second-order valence-electron chi connectivity index (χ2n) is 10.7. The lowest BCUT2D eigenvalue weighted by atomic mass is 9.48. The fourth-order valence-corrected chi connectivity index (χ4v) is 7.34. The highest BCUT2D eigenvalue weighted by molar-refractivity contribution is 6.33. The molecule has 7 rings (SSSR count). The van der Waals surface area contributed by atoms with Crippen molar-refractivity contribution in [3.63, 3.8) is 0 Å². The maximum atomic E-state index is 11.7. The van der Waals surface area contributed by atoms with Gasteiger partial charge in [0.05, 0.1) is 35.3 Å². The number of nitrogens with zero attached hydrogens (tertiary/aromatic N) is 1. The SMILES string of the molecule is COC(=O)c1cncc(Nc2ccc(Nc3ccc(C45CC6CC(CC(C6)C4)C5)cc3Cl)cc2)c1. The van der Waals surface area contributed by atoms with Gasteiger partial charge < -0.3 is 15.4 Å². The van der Waals surface area contributed by atoms with Gasteiger partial charge in [-0.25, -0.2) is 4.79 Å². The third-order valence-electron chi connectivity index (χ3n) is 8.23. The first-order chi connectivity index (χ1) is 17.0. The van der Waals surface area contributed by atoms with Gasteiger partial charge in [-0.3, -0.25) is 4.98 Å². The van der Waals surface area contributed by atoms with Crippen molar-refractivity contribution in [3.8, 4) is 0 Å². The van der Waals surface area contributed by atoms with Crippen molar-refractivity contribution in [2.24, 2.45) is 17.8 Å². The van der Waals surface area contributed by atoms with Crippen molar-refractivity contribution in [2.45, 2.75) is 43.9 Å². The topological polar surface area (TPSA) is 63.2 Å². The van der Waals surface area contributed by atoms with Gasteiger partial charge in [0.15, 0.2) is 0 Å². The molecule has 1 aromatic heterocycles. The standard InChI is InChI=1S/C29H30ClN3O2/c1-35-28(34)21-11-25(17-31-16-21)32-23-3-5-24(6-4-23)33-27-7-2-22(12-26(27)30)29-13-18-8-19(14-29)10-20(9-18)15-29/h2-7,11-12,16-20,32-33H,8-10,13-15H2,1H3. The Morgan fingerprint density at radius 2 is 1.51 bits per heavy atom. The minimum atomic E-state index is -0.410. The summed E-state index contributed by atoms with van der Waals surface area (Å²) >= 11 is 6.79. The Bertz CT molecular complexity index is 1220. The quantitative estimate of drug-likeness (QED) is 0.353. The Kier molecular flexibility index (Phi) is 5.68. The fraction of sp³-hybridized carbons (Fsp3) is 0.379. The molecule has 180 valence electrons. The summed E-state index contributed by atoms with van der Waals surface area (Å²) in [6.45, 7) is 0. The number of pyridine rings is 1. The molecular formula is C29H30ClN3O2. The van der Waals surface area contributed by atoms with Gasteiger partial charge in [-0.2, -0.15) is 0 Å². The van der Waals surface area contributed by atoms with Gasteiger partial charge in [0.2, 0.25) is 0 Å². The van der Waals surface area contributed by atoms with E-state index in [2.05, 4.69) is 33.8 Å². The number of carbonyl (C=O) groups is 1. The molecule has 2 aromatic carbocycles. The van der Waals surface area contributed by atoms with Crippen LogP contribution < -0.4 is 10.6 Å². The van der Waals surface area contributed by atoms with Gasteiger partial charge >= 0.3 is 5.97 Å². The largest absolute Gasteiger partial charge is 0.465 e. The Hall–Kier alpha value is -3.05. The summed E-state index contributed by atoms with van der Waals surface area (Å²) in [6.07, 6.45) is 11.5. The molecule has 0 saturated heterocycles. The maximum absolute atomic E-state index is 11.7. The monoisotopic (exact) mass is 487 g/mol. The number of hydrogen-bond acceptors (Lipinski definition) is 5. The molecule has 4 aliphatic carbocycles. The molecule has 35 heavy (non-hydrogen) atoms. The van der Waals surface area contributed by atoms with Crippen molar-refractivity contribution < 1.29 is 9.53 Å². The number of halogens is 1. The van der Waals surface area contributed by atoms with Gasteiger partial charge in [0.1, 0.15) is 0 Å². The molecular weight excluding hydrogens is 458 g/mol. The zero-order valence-electron chi connectivity index (χ0n) is 19.9. The lowest BCUT2D eigenvalue weighted by molar-refractivity contribution is -0.00517. The molecule has 0 unspecified atom stereocenters. The number of rotatable bonds is 6. The number of methoxy groups -OCH3 is 1. The first kappa shape index (κ1) is 22.4. The molecule has 6 heteroatoms. The highest BCUT2D eigenvalue weighted by Gasteiger charge is 2.51. The molecule has 0 atom stereocenters. The Balaban J connectivity index is 1.14. The van der Waals surface area contributed by atoms with Crippen LogP contribution in [-0.4, -0.2) is 18.1 Å². The summed E-state index contributed by atoms with van der Waals surface area (Å²) in [6, 6.07) is 16.3. The van der Waals surface area contributed by atoms with Crippen molar-refractivity contribution in [3.05, 3.63) is 77.1 Å². The van der Waals surface area contributed by atoms with E-state index in [-0.39, 0.29) is 0 Å². The summed E-state index contributed by atoms with van der Waals surface area (Å²) in [5.41, 5.74) is 5.69. The minimum Gasteiger partial charge on any atom is -0.465 e. The summed E-state index contributed by atoms with van der Waals surface area (Å²) in [5.74, 6) is 2.35. The molecule has 0 radical (unpaired) electrons. The van der Waals surface area contributed by atoms with E-state index in [9.17, 15) is 4.79 Å². The molecule has 4 saturated carbocycles. The van der Waals surface area contributed by atoms with Gasteiger partial charge in [0.25, 0.3) is 0 Å². The first-order valence-electron chi connectivity index (χ1n) is 12.5. The molecule has 3 aromatic rings. The maximum Gasteiger partial charge on any atom is 0.339 e. The molecule has 5 nitrogen and oxygen atoms in total. The second-order valence-corrected chi connectivity index (χ2v) is 11.1. The predicted molar refractivity (Wildman–Crippen MR) is 140 cm³/mol. The van der Waals surface area contributed by atoms with Crippen molar-refractivity contribution in [1.29, 1.82) is 0 Å². The number of esters is 1. The Morgan fingerprint density at radius 3 is 2.11 bits per heavy atom. The highest BCUT2D eigenvalue weighted by atomic mass is 35.5. The summed E-state index contributed by atoms with van der Waals surface area (Å²) in [5, 5.41) is 7.52. The zero-order chi connectivity index (χ0) is 24.0. The van der Waals surface area contributed by atoms with E-state index in [4.69, 9.17) is 16.3 Å². The van der Waals surface area contributed by atoms with E-state index < -0.39 is 5.97 Å². The number of anilines is 4. The number of ether oxygens (including phenoxy) is 1. The van der Waals surface area contributed by atoms with Crippen LogP contribution in [0.25, 0.3) is 0 Å². The van der Waals surface area contributed by atoms with E-state index in [0.29, 0.717) is 11.0 Å².